The smallest absolute Gasteiger partial charge is 0.214 e. The second-order valence-electron chi connectivity index (χ2n) is 5.63. The van der Waals surface area contributed by atoms with Gasteiger partial charge in [0.2, 0.25) is 5.95 Å². The van der Waals surface area contributed by atoms with Crippen molar-refractivity contribution in [1.82, 2.24) is 34.3 Å². The van der Waals surface area contributed by atoms with Crippen LogP contribution in [0.15, 0.2) is 36.7 Å². The summed E-state index contributed by atoms with van der Waals surface area (Å²) in [6.07, 6.45) is 3.94. The molecule has 4 heterocycles. The molecule has 0 atom stereocenters. The summed E-state index contributed by atoms with van der Waals surface area (Å²) in [6.45, 7) is 4.65. The summed E-state index contributed by atoms with van der Waals surface area (Å²) in [7, 11) is 0. The lowest BCUT2D eigenvalue weighted by Crippen LogP contribution is -2.09. The lowest BCUT2D eigenvalue weighted by Gasteiger charge is -2.08. The van der Waals surface area contributed by atoms with Gasteiger partial charge in [0, 0.05) is 19.2 Å². The van der Waals surface area contributed by atoms with Crippen LogP contribution in [-0.2, 0) is 13.0 Å². The monoisotopic (exact) mass is 337 g/mol. The topological polar surface area (TPSA) is 74.3 Å². The minimum atomic E-state index is -0.537. The number of aryl methyl sites for hydroxylation is 2. The van der Waals surface area contributed by atoms with Crippen molar-refractivity contribution in [2.75, 3.05) is 0 Å². The molecule has 0 unspecified atom stereocenters. The van der Waals surface area contributed by atoms with Gasteiger partial charge in [-0.3, -0.25) is 0 Å². The number of hydrogen-bond donors (Lipinski definition) is 0. The molecule has 4 aromatic rings. The van der Waals surface area contributed by atoms with Gasteiger partial charge >= 0.3 is 0 Å². The van der Waals surface area contributed by atoms with E-state index in [9.17, 15) is 4.39 Å². The van der Waals surface area contributed by atoms with E-state index in [2.05, 4.69) is 29.6 Å². The minimum Gasteiger partial charge on any atom is -0.313 e. The van der Waals surface area contributed by atoms with Gasteiger partial charge in [-0.15, -0.1) is 0 Å². The molecule has 8 heteroatoms. The van der Waals surface area contributed by atoms with E-state index < -0.39 is 5.95 Å². The zero-order valence-electron chi connectivity index (χ0n) is 13.9. The van der Waals surface area contributed by atoms with Gasteiger partial charge in [0.15, 0.2) is 11.5 Å². The molecule has 126 valence electrons. The van der Waals surface area contributed by atoms with Crippen LogP contribution in [0.5, 0.6) is 0 Å². The number of rotatable bonds is 4. The molecule has 0 aliphatic rings. The van der Waals surface area contributed by atoms with Crippen LogP contribution in [0.1, 0.15) is 24.3 Å². The molecule has 0 saturated heterocycles. The van der Waals surface area contributed by atoms with Gasteiger partial charge < -0.3 is 4.57 Å². The molecular formula is C17H16FN7. The van der Waals surface area contributed by atoms with Crippen LogP contribution in [0.25, 0.3) is 17.0 Å². The molecule has 0 radical (unpaired) electrons. The summed E-state index contributed by atoms with van der Waals surface area (Å²) in [4.78, 5) is 17.3. The second kappa shape index (κ2) is 6.04. The molecule has 0 bridgehead atoms. The van der Waals surface area contributed by atoms with Crippen LogP contribution in [0, 0.1) is 12.9 Å². The summed E-state index contributed by atoms with van der Waals surface area (Å²) < 4.78 is 17.1. The Bertz CT molecular complexity index is 1050. The lowest BCUT2D eigenvalue weighted by atomic mass is 10.3. The number of imidazole rings is 1. The van der Waals surface area contributed by atoms with Gasteiger partial charge in [-0.2, -0.15) is 9.49 Å². The third-order valence-electron chi connectivity index (χ3n) is 3.98. The first-order chi connectivity index (χ1) is 12.2. The van der Waals surface area contributed by atoms with E-state index in [0.29, 0.717) is 18.1 Å². The highest BCUT2D eigenvalue weighted by molar-refractivity contribution is 5.70. The van der Waals surface area contributed by atoms with E-state index in [1.165, 1.54) is 6.07 Å². The van der Waals surface area contributed by atoms with Gasteiger partial charge in [0.05, 0.1) is 11.9 Å². The molecule has 0 aromatic carbocycles. The summed E-state index contributed by atoms with van der Waals surface area (Å²) in [5.41, 5.74) is 2.45. The molecule has 0 spiro atoms. The van der Waals surface area contributed by atoms with Crippen LogP contribution in [0.3, 0.4) is 0 Å². The summed E-state index contributed by atoms with van der Waals surface area (Å²) in [5.74, 6) is 1.47. The third-order valence-corrected chi connectivity index (χ3v) is 3.98. The predicted octanol–water partition coefficient (Wildman–Crippen LogP) is 2.47. The van der Waals surface area contributed by atoms with E-state index in [1.54, 1.807) is 29.2 Å². The molecule has 25 heavy (non-hydrogen) atoms. The first kappa shape index (κ1) is 15.4. The fraction of sp³-hybridized carbons (Fsp3) is 0.235. The Labute approximate surface area is 143 Å². The van der Waals surface area contributed by atoms with Gasteiger partial charge in [0.1, 0.15) is 17.2 Å². The number of hydrogen-bond acceptors (Lipinski definition) is 5. The standard InChI is InChI=1S/C17H16FN7/c1-3-24-16(22-13-10-19-11(2)21-17(13)24)9-12-7-8-20-25(12)15-6-4-5-14(18)23-15/h4-8,10H,3,9H2,1-2H3. The second-order valence-corrected chi connectivity index (χ2v) is 5.63. The molecule has 4 rings (SSSR count). The quantitative estimate of drug-likeness (QED) is 0.535. The fourth-order valence-corrected chi connectivity index (χ4v) is 2.87. The Balaban J connectivity index is 1.77. The molecule has 0 N–H and O–H groups in total. The largest absolute Gasteiger partial charge is 0.313 e. The Morgan fingerprint density at radius 1 is 1.12 bits per heavy atom. The first-order valence-corrected chi connectivity index (χ1v) is 8.00. The zero-order chi connectivity index (χ0) is 17.4. The minimum absolute atomic E-state index is 0.440. The molecule has 0 aliphatic heterocycles. The summed E-state index contributed by atoms with van der Waals surface area (Å²) in [5, 5.41) is 4.27. The van der Waals surface area contributed by atoms with Crippen molar-refractivity contribution in [3.8, 4) is 5.82 Å². The number of nitrogens with zero attached hydrogens (tertiary/aromatic N) is 7. The van der Waals surface area contributed by atoms with Gasteiger partial charge in [0.25, 0.3) is 0 Å². The van der Waals surface area contributed by atoms with Gasteiger partial charge in [-0.05, 0) is 32.0 Å². The average Bonchev–Trinajstić information content (AvgIpc) is 3.19. The summed E-state index contributed by atoms with van der Waals surface area (Å²) >= 11 is 0. The molecule has 0 amide bonds. The highest BCUT2D eigenvalue weighted by Crippen LogP contribution is 2.18. The van der Waals surface area contributed by atoms with Crippen molar-refractivity contribution >= 4 is 11.2 Å². The Morgan fingerprint density at radius 2 is 2.00 bits per heavy atom. The van der Waals surface area contributed by atoms with E-state index in [4.69, 9.17) is 0 Å². The number of halogens is 1. The Hall–Kier alpha value is -3.16. The highest BCUT2D eigenvalue weighted by atomic mass is 19.1. The van der Waals surface area contributed by atoms with E-state index in [1.807, 2.05) is 19.9 Å². The normalized spacial score (nSPS) is 11.3. The van der Waals surface area contributed by atoms with Gasteiger partial charge in [-0.1, -0.05) is 6.07 Å². The van der Waals surface area contributed by atoms with Crippen LogP contribution < -0.4 is 0 Å². The van der Waals surface area contributed by atoms with Gasteiger partial charge in [-0.25, -0.2) is 24.6 Å². The Kier molecular flexibility index (Phi) is 3.72. The fourth-order valence-electron chi connectivity index (χ4n) is 2.87. The van der Waals surface area contributed by atoms with Crippen LogP contribution in [0.4, 0.5) is 4.39 Å². The molecule has 0 aliphatic carbocycles. The van der Waals surface area contributed by atoms with Crippen molar-refractivity contribution in [2.24, 2.45) is 0 Å². The van der Waals surface area contributed by atoms with Crippen molar-refractivity contribution < 1.29 is 4.39 Å². The first-order valence-electron chi connectivity index (χ1n) is 8.00. The van der Waals surface area contributed by atoms with Crippen molar-refractivity contribution in [3.63, 3.8) is 0 Å². The lowest BCUT2D eigenvalue weighted by molar-refractivity contribution is 0.576. The Morgan fingerprint density at radius 3 is 2.80 bits per heavy atom. The predicted molar refractivity (Wildman–Crippen MR) is 89.9 cm³/mol. The third kappa shape index (κ3) is 2.75. The summed E-state index contributed by atoms with van der Waals surface area (Å²) in [6, 6.07) is 6.52. The molecule has 7 nitrogen and oxygen atoms in total. The van der Waals surface area contributed by atoms with Crippen molar-refractivity contribution in [2.45, 2.75) is 26.8 Å². The molecular weight excluding hydrogens is 321 g/mol. The maximum atomic E-state index is 13.4. The van der Waals surface area contributed by atoms with Crippen LogP contribution in [-0.4, -0.2) is 34.3 Å². The number of aromatic nitrogens is 7. The van der Waals surface area contributed by atoms with E-state index in [0.717, 1.165) is 29.2 Å². The van der Waals surface area contributed by atoms with Crippen molar-refractivity contribution in [3.05, 3.63) is 59.9 Å². The van der Waals surface area contributed by atoms with Crippen LogP contribution >= 0.6 is 0 Å². The maximum absolute atomic E-state index is 13.4. The SMILES string of the molecule is CCn1c(Cc2ccnn2-c2cccc(F)n2)nc2cnc(C)nc21. The highest BCUT2D eigenvalue weighted by Gasteiger charge is 2.15. The number of pyridine rings is 1. The molecule has 0 saturated carbocycles. The van der Waals surface area contributed by atoms with Crippen LogP contribution in [0.2, 0.25) is 0 Å². The van der Waals surface area contributed by atoms with E-state index in [-0.39, 0.29) is 0 Å². The zero-order valence-corrected chi connectivity index (χ0v) is 13.9. The maximum Gasteiger partial charge on any atom is 0.214 e. The molecule has 0 fully saturated rings. The number of fused-ring (bicyclic) bond motifs is 1. The van der Waals surface area contributed by atoms with Crippen molar-refractivity contribution in [1.29, 1.82) is 0 Å². The van der Waals surface area contributed by atoms with E-state index >= 15 is 0 Å². The average molecular weight is 337 g/mol. The molecule has 4 aromatic heterocycles.